The van der Waals surface area contributed by atoms with Crippen molar-refractivity contribution in [2.75, 3.05) is 18.0 Å². The molecule has 0 fully saturated rings. The summed E-state index contributed by atoms with van der Waals surface area (Å²) in [6.45, 7) is 6.69. The van der Waals surface area contributed by atoms with Crippen LogP contribution >= 0.6 is 0 Å². The largest absolute Gasteiger partial charge is 0.359 e. The Balaban J connectivity index is 2.06. The third-order valence-electron chi connectivity index (χ3n) is 3.11. The van der Waals surface area contributed by atoms with E-state index in [2.05, 4.69) is 35.9 Å². The average Bonchev–Trinajstić information content (AvgIpc) is 2.64. The third kappa shape index (κ3) is 2.49. The second kappa shape index (κ2) is 5.04. The summed E-state index contributed by atoms with van der Waals surface area (Å²) in [6.07, 6.45) is 2.71. The topological polar surface area (TPSA) is 32.3 Å². The number of hydrogen-bond donors (Lipinski definition) is 1. The third-order valence-corrected chi connectivity index (χ3v) is 3.11. The summed E-state index contributed by atoms with van der Waals surface area (Å²) in [5, 5.41) is 2.81. The van der Waals surface area contributed by atoms with Crippen LogP contribution in [0.4, 0.5) is 5.69 Å². The van der Waals surface area contributed by atoms with Crippen LogP contribution in [0.5, 0.6) is 0 Å². The number of nitrogens with zero attached hydrogens (tertiary/aromatic N) is 1. The van der Waals surface area contributed by atoms with Gasteiger partial charge in [0.2, 0.25) is 5.91 Å². The number of anilines is 1. The van der Waals surface area contributed by atoms with Gasteiger partial charge in [0.15, 0.2) is 0 Å². The van der Waals surface area contributed by atoms with Gasteiger partial charge in [-0.1, -0.05) is 24.3 Å². The van der Waals surface area contributed by atoms with Crippen LogP contribution < -0.4 is 10.2 Å². The Morgan fingerprint density at radius 1 is 1.59 bits per heavy atom. The van der Waals surface area contributed by atoms with Crippen LogP contribution in [-0.2, 0) is 11.2 Å². The Morgan fingerprint density at radius 3 is 3.12 bits per heavy atom. The first-order valence-corrected chi connectivity index (χ1v) is 5.94. The van der Waals surface area contributed by atoms with Crippen molar-refractivity contribution in [1.29, 1.82) is 0 Å². The van der Waals surface area contributed by atoms with Crippen LogP contribution in [0.1, 0.15) is 12.5 Å². The summed E-state index contributed by atoms with van der Waals surface area (Å²) in [4.78, 5) is 13.9. The summed E-state index contributed by atoms with van der Waals surface area (Å²) in [5.74, 6) is 0.0495. The number of fused-ring (bicyclic) bond motifs is 1. The van der Waals surface area contributed by atoms with Gasteiger partial charge in [0, 0.05) is 18.3 Å². The predicted octanol–water partition coefficient (Wildman–Crippen LogP) is 1.74. The second-order valence-electron chi connectivity index (χ2n) is 4.40. The Kier molecular flexibility index (Phi) is 3.47. The van der Waals surface area contributed by atoms with Crippen LogP contribution in [0.3, 0.4) is 0 Å². The molecule has 1 atom stereocenters. The first kappa shape index (κ1) is 11.7. The molecular formula is C14H18N2O. The summed E-state index contributed by atoms with van der Waals surface area (Å²) in [6, 6.07) is 8.67. The Hall–Kier alpha value is -1.77. The lowest BCUT2D eigenvalue weighted by Gasteiger charge is -2.24. The SMILES string of the molecule is C=CCNC(=O)CN1c2ccccc2CC1C. The number of amides is 1. The molecule has 0 spiro atoms. The van der Waals surface area contributed by atoms with E-state index in [9.17, 15) is 4.79 Å². The smallest absolute Gasteiger partial charge is 0.239 e. The molecule has 3 nitrogen and oxygen atoms in total. The van der Waals surface area contributed by atoms with E-state index in [1.54, 1.807) is 6.08 Å². The van der Waals surface area contributed by atoms with E-state index < -0.39 is 0 Å². The van der Waals surface area contributed by atoms with Gasteiger partial charge in [-0.3, -0.25) is 4.79 Å². The number of rotatable bonds is 4. The zero-order valence-corrected chi connectivity index (χ0v) is 10.1. The predicted molar refractivity (Wildman–Crippen MR) is 70.2 cm³/mol. The maximum atomic E-state index is 11.7. The zero-order chi connectivity index (χ0) is 12.3. The lowest BCUT2D eigenvalue weighted by atomic mass is 10.1. The molecule has 1 aromatic rings. The summed E-state index contributed by atoms with van der Waals surface area (Å²) >= 11 is 0. The molecule has 90 valence electrons. The maximum absolute atomic E-state index is 11.7. The lowest BCUT2D eigenvalue weighted by molar-refractivity contribution is -0.119. The quantitative estimate of drug-likeness (QED) is 0.799. The molecule has 3 heteroatoms. The maximum Gasteiger partial charge on any atom is 0.239 e. The summed E-state index contributed by atoms with van der Waals surface area (Å²) in [7, 11) is 0. The molecule has 1 unspecified atom stereocenters. The van der Waals surface area contributed by atoms with Gasteiger partial charge in [0.1, 0.15) is 0 Å². The van der Waals surface area contributed by atoms with E-state index >= 15 is 0 Å². The summed E-state index contributed by atoms with van der Waals surface area (Å²) < 4.78 is 0. The highest BCUT2D eigenvalue weighted by Gasteiger charge is 2.26. The summed E-state index contributed by atoms with van der Waals surface area (Å²) in [5.41, 5.74) is 2.52. The number of benzene rings is 1. The normalized spacial score (nSPS) is 17.7. The number of nitrogens with one attached hydrogen (secondary N) is 1. The van der Waals surface area contributed by atoms with Crippen molar-refractivity contribution in [3.63, 3.8) is 0 Å². The molecule has 1 aromatic carbocycles. The Labute approximate surface area is 102 Å². The molecule has 1 aliphatic rings. The van der Waals surface area contributed by atoms with Gasteiger partial charge < -0.3 is 10.2 Å². The Bertz CT molecular complexity index is 428. The van der Waals surface area contributed by atoms with Crippen LogP contribution in [0.15, 0.2) is 36.9 Å². The molecular weight excluding hydrogens is 212 g/mol. The fourth-order valence-electron chi connectivity index (χ4n) is 2.27. The molecule has 1 aliphatic heterocycles. The molecule has 0 saturated carbocycles. The van der Waals surface area contributed by atoms with E-state index in [-0.39, 0.29) is 5.91 Å². The molecule has 0 radical (unpaired) electrons. The fourth-order valence-corrected chi connectivity index (χ4v) is 2.27. The van der Waals surface area contributed by atoms with Gasteiger partial charge in [0.05, 0.1) is 6.54 Å². The first-order chi connectivity index (χ1) is 8.22. The highest BCUT2D eigenvalue weighted by molar-refractivity contribution is 5.82. The van der Waals surface area contributed by atoms with Crippen molar-refractivity contribution >= 4 is 11.6 Å². The highest BCUT2D eigenvalue weighted by Crippen LogP contribution is 2.31. The van der Waals surface area contributed by atoms with Crippen LogP contribution in [-0.4, -0.2) is 25.0 Å². The van der Waals surface area contributed by atoms with Gasteiger partial charge in [-0.05, 0) is 25.0 Å². The molecule has 1 amide bonds. The van der Waals surface area contributed by atoms with Gasteiger partial charge in [-0.15, -0.1) is 6.58 Å². The number of carbonyl (C=O) groups excluding carboxylic acids is 1. The molecule has 1 heterocycles. The van der Waals surface area contributed by atoms with Gasteiger partial charge >= 0.3 is 0 Å². The number of para-hydroxylation sites is 1. The minimum absolute atomic E-state index is 0.0495. The van der Waals surface area contributed by atoms with Crippen molar-refractivity contribution in [3.8, 4) is 0 Å². The zero-order valence-electron chi connectivity index (χ0n) is 10.1. The molecule has 0 aliphatic carbocycles. The monoisotopic (exact) mass is 230 g/mol. The highest BCUT2D eigenvalue weighted by atomic mass is 16.2. The van der Waals surface area contributed by atoms with E-state index in [0.29, 0.717) is 19.1 Å². The van der Waals surface area contributed by atoms with E-state index in [4.69, 9.17) is 0 Å². The molecule has 1 N–H and O–H groups in total. The molecule has 2 rings (SSSR count). The molecule has 0 saturated heterocycles. The van der Waals surface area contributed by atoms with E-state index in [1.165, 1.54) is 11.3 Å². The minimum Gasteiger partial charge on any atom is -0.359 e. The van der Waals surface area contributed by atoms with Crippen molar-refractivity contribution in [2.24, 2.45) is 0 Å². The number of carbonyl (C=O) groups is 1. The molecule has 17 heavy (non-hydrogen) atoms. The standard InChI is InChI=1S/C14H18N2O/c1-3-8-15-14(17)10-16-11(2)9-12-6-4-5-7-13(12)16/h3-7,11H,1,8-10H2,2H3,(H,15,17). The minimum atomic E-state index is 0.0495. The second-order valence-corrected chi connectivity index (χ2v) is 4.40. The fraction of sp³-hybridized carbons (Fsp3) is 0.357. The first-order valence-electron chi connectivity index (χ1n) is 5.94. The van der Waals surface area contributed by atoms with Crippen molar-refractivity contribution in [3.05, 3.63) is 42.5 Å². The Morgan fingerprint density at radius 2 is 2.35 bits per heavy atom. The molecule has 0 bridgehead atoms. The van der Waals surface area contributed by atoms with Crippen molar-refractivity contribution < 1.29 is 4.79 Å². The van der Waals surface area contributed by atoms with Gasteiger partial charge in [-0.2, -0.15) is 0 Å². The van der Waals surface area contributed by atoms with Gasteiger partial charge in [-0.25, -0.2) is 0 Å². The average molecular weight is 230 g/mol. The van der Waals surface area contributed by atoms with E-state index in [0.717, 1.165) is 6.42 Å². The number of hydrogen-bond acceptors (Lipinski definition) is 2. The van der Waals surface area contributed by atoms with Crippen molar-refractivity contribution in [2.45, 2.75) is 19.4 Å². The van der Waals surface area contributed by atoms with E-state index in [1.807, 2.05) is 12.1 Å². The molecule has 0 aromatic heterocycles. The van der Waals surface area contributed by atoms with Crippen LogP contribution in [0, 0.1) is 0 Å². The van der Waals surface area contributed by atoms with Gasteiger partial charge in [0.25, 0.3) is 0 Å². The van der Waals surface area contributed by atoms with Crippen LogP contribution in [0.2, 0.25) is 0 Å². The van der Waals surface area contributed by atoms with Crippen molar-refractivity contribution in [1.82, 2.24) is 5.32 Å². The lowest BCUT2D eigenvalue weighted by Crippen LogP contribution is -2.40. The van der Waals surface area contributed by atoms with Crippen LogP contribution in [0.25, 0.3) is 0 Å².